The average molecular weight is 627 g/mol. The molecule has 1 aromatic carbocycles. The zero-order valence-corrected chi connectivity index (χ0v) is 26.2. The lowest BCUT2D eigenvalue weighted by Gasteiger charge is -2.40. The number of rotatable bonds is 3. The molecule has 7 rings (SSSR count). The number of nitrogens with zero attached hydrogens (tertiary/aromatic N) is 8. The second kappa shape index (κ2) is 11.5. The highest BCUT2D eigenvalue weighted by Crippen LogP contribution is 2.40. The number of anilines is 3. The maximum Gasteiger partial charge on any atom is 0.355 e. The van der Waals surface area contributed by atoms with E-state index in [1.165, 1.54) is 22.8 Å². The molecule has 2 saturated heterocycles. The third kappa shape index (κ3) is 4.78. The largest absolute Gasteiger partial charge is 0.369 e. The molecule has 0 aliphatic carbocycles. The monoisotopic (exact) mass is 626 g/mol. The molecule has 3 aliphatic heterocycles. The van der Waals surface area contributed by atoms with Crippen molar-refractivity contribution in [3.8, 4) is 16.9 Å². The number of hydrogen-bond donors (Lipinski definition) is 0. The topological polar surface area (TPSA) is 90.7 Å². The molecule has 2 fully saturated rings. The summed E-state index contributed by atoms with van der Waals surface area (Å²) in [6.45, 7) is 13.2. The number of amides is 1. The summed E-state index contributed by atoms with van der Waals surface area (Å²) in [5.41, 5.74) is 2.07. The summed E-state index contributed by atoms with van der Waals surface area (Å²) in [7, 11) is 0. The summed E-state index contributed by atoms with van der Waals surface area (Å²) in [5, 5.41) is 0.314. The van der Waals surface area contributed by atoms with Gasteiger partial charge in [-0.2, -0.15) is 4.98 Å². The molecule has 12 heteroatoms. The van der Waals surface area contributed by atoms with Crippen molar-refractivity contribution >= 4 is 34.1 Å². The van der Waals surface area contributed by atoms with E-state index in [0.29, 0.717) is 68.3 Å². The average Bonchev–Trinajstić information content (AvgIpc) is 3.29. The van der Waals surface area contributed by atoms with E-state index < -0.39 is 17.3 Å². The second-order valence-electron chi connectivity index (χ2n) is 12.5. The van der Waals surface area contributed by atoms with Crippen molar-refractivity contribution in [2.24, 2.45) is 0 Å². The predicted octanol–water partition coefficient (Wildman–Crippen LogP) is 4.50. The van der Waals surface area contributed by atoms with Crippen LogP contribution in [0.3, 0.4) is 0 Å². The Morgan fingerprint density at radius 3 is 2.48 bits per heavy atom. The fourth-order valence-corrected chi connectivity index (χ4v) is 7.08. The smallest absolute Gasteiger partial charge is 0.355 e. The Morgan fingerprint density at radius 2 is 1.76 bits per heavy atom. The molecule has 1 amide bonds. The number of pyridine rings is 2. The Hall–Kier alpha value is -4.87. The van der Waals surface area contributed by atoms with Crippen molar-refractivity contribution in [1.82, 2.24) is 24.4 Å². The first kappa shape index (κ1) is 29.8. The van der Waals surface area contributed by atoms with Crippen molar-refractivity contribution in [2.45, 2.75) is 39.2 Å². The van der Waals surface area contributed by atoms with Crippen LogP contribution in [-0.2, 0) is 4.79 Å². The lowest BCUT2D eigenvalue weighted by Crippen LogP contribution is -2.54. The number of hydrogen-bond acceptors (Lipinski definition) is 8. The number of carbonyl (C=O) groups is 1. The summed E-state index contributed by atoms with van der Waals surface area (Å²) in [4.78, 5) is 48.8. The molecular formula is C34H36F2N8O2. The lowest BCUT2D eigenvalue weighted by molar-refractivity contribution is -0.126. The van der Waals surface area contributed by atoms with Gasteiger partial charge in [0, 0.05) is 63.7 Å². The molecule has 0 N–H and O–H groups in total. The van der Waals surface area contributed by atoms with Crippen molar-refractivity contribution in [1.29, 1.82) is 0 Å². The fourth-order valence-electron chi connectivity index (χ4n) is 7.08. The van der Waals surface area contributed by atoms with E-state index >= 15 is 8.78 Å². The van der Waals surface area contributed by atoms with E-state index in [9.17, 15) is 9.59 Å². The van der Waals surface area contributed by atoms with Crippen LogP contribution in [0, 0.1) is 11.6 Å². The van der Waals surface area contributed by atoms with Gasteiger partial charge in [0.1, 0.15) is 17.3 Å². The third-order valence-electron chi connectivity index (χ3n) is 9.29. The number of piperazine rings is 1. The third-order valence-corrected chi connectivity index (χ3v) is 9.29. The van der Waals surface area contributed by atoms with E-state index in [-0.39, 0.29) is 40.6 Å². The first-order valence-corrected chi connectivity index (χ1v) is 15.8. The van der Waals surface area contributed by atoms with Gasteiger partial charge >= 0.3 is 5.69 Å². The standard InChI is InChI=1S/C34H36F2N8O2/c1-5-27(45)42-16-17-43(21(4)19-42)32-22-18-24(36)30-28-23(35)8-6-9-25(28)40-12-7-13-41(15-14-40)26-10-11-37-29(20(2)3)31(26)44(33(22)38-30)34(46)39-32/h5-6,8-11,18,20-21H,1,7,12-17,19H2,2-4H3/t21-/m0/s1. The molecule has 0 spiro atoms. The van der Waals surface area contributed by atoms with Crippen molar-refractivity contribution in [3.63, 3.8) is 0 Å². The van der Waals surface area contributed by atoms with E-state index in [4.69, 9.17) is 9.97 Å². The molecule has 1 atom stereocenters. The van der Waals surface area contributed by atoms with E-state index in [2.05, 4.69) is 21.4 Å². The van der Waals surface area contributed by atoms with Crippen molar-refractivity contribution in [3.05, 3.63) is 77.0 Å². The second-order valence-corrected chi connectivity index (χ2v) is 12.5. The molecule has 3 aliphatic rings. The van der Waals surface area contributed by atoms with E-state index in [1.54, 1.807) is 23.2 Å². The van der Waals surface area contributed by atoms with Crippen molar-refractivity contribution in [2.75, 3.05) is 60.5 Å². The molecule has 238 valence electrons. The lowest BCUT2D eigenvalue weighted by atomic mass is 10.0. The molecule has 4 bridgehead atoms. The molecule has 4 aromatic rings. The Bertz CT molecular complexity index is 1940. The van der Waals surface area contributed by atoms with Crippen LogP contribution in [0.25, 0.3) is 28.0 Å². The minimum Gasteiger partial charge on any atom is -0.369 e. The highest BCUT2D eigenvalue weighted by molar-refractivity contribution is 5.93. The number of aromatic nitrogens is 4. The van der Waals surface area contributed by atoms with Crippen LogP contribution < -0.4 is 20.4 Å². The minimum absolute atomic E-state index is 0.0636. The summed E-state index contributed by atoms with van der Waals surface area (Å²) < 4.78 is 33.7. The van der Waals surface area contributed by atoms with E-state index in [0.717, 1.165) is 12.1 Å². The van der Waals surface area contributed by atoms with Crippen LogP contribution in [-0.4, -0.2) is 82.2 Å². The van der Waals surface area contributed by atoms with Crippen LogP contribution in [0.2, 0.25) is 0 Å². The SMILES string of the molecule is C=CC(=O)N1CCN(c2nc(=O)n3c4nc(c(F)cc24)-c2c(F)cccc2N2CCCN(CC2)c2ccnc(C(C)C)c2-3)[C@@H](C)C1. The molecule has 0 radical (unpaired) electrons. The summed E-state index contributed by atoms with van der Waals surface area (Å²) in [6.07, 6.45) is 3.80. The first-order chi connectivity index (χ1) is 22.2. The summed E-state index contributed by atoms with van der Waals surface area (Å²) in [6, 6.07) is 7.73. The Labute approximate surface area is 265 Å². The Balaban J connectivity index is 1.57. The van der Waals surface area contributed by atoms with Gasteiger partial charge in [-0.1, -0.05) is 26.5 Å². The highest BCUT2D eigenvalue weighted by Gasteiger charge is 2.33. The number of carbonyl (C=O) groups excluding carboxylic acids is 1. The molecule has 46 heavy (non-hydrogen) atoms. The van der Waals surface area contributed by atoms with Gasteiger partial charge in [0.15, 0.2) is 11.5 Å². The Morgan fingerprint density at radius 1 is 1.00 bits per heavy atom. The van der Waals surface area contributed by atoms with Crippen molar-refractivity contribution < 1.29 is 13.6 Å². The van der Waals surface area contributed by atoms with Gasteiger partial charge in [-0.25, -0.2) is 23.1 Å². The predicted molar refractivity (Wildman–Crippen MR) is 175 cm³/mol. The summed E-state index contributed by atoms with van der Waals surface area (Å²) in [5.74, 6) is -1.29. The normalized spacial score (nSPS) is 17.9. The molecular weight excluding hydrogens is 590 g/mol. The number of fused-ring (bicyclic) bond motifs is 10. The first-order valence-electron chi connectivity index (χ1n) is 15.8. The minimum atomic E-state index is -0.718. The maximum atomic E-state index is 16.5. The molecule has 10 nitrogen and oxygen atoms in total. The molecule has 6 heterocycles. The summed E-state index contributed by atoms with van der Waals surface area (Å²) >= 11 is 0. The van der Waals surface area contributed by atoms with E-state index in [1.807, 2.05) is 31.7 Å². The fraction of sp³-hybridized carbons (Fsp3) is 0.382. The molecule has 0 unspecified atom stereocenters. The van der Waals surface area contributed by atoms with Gasteiger partial charge in [0.05, 0.1) is 28.0 Å². The molecule has 3 aromatic heterocycles. The van der Waals surface area contributed by atoms with Crippen LogP contribution in [0.5, 0.6) is 0 Å². The van der Waals surface area contributed by atoms with Gasteiger partial charge in [-0.3, -0.25) is 9.78 Å². The molecule has 0 saturated carbocycles. The Kier molecular flexibility index (Phi) is 7.45. The van der Waals surface area contributed by atoms with Crippen LogP contribution in [0.1, 0.15) is 38.8 Å². The van der Waals surface area contributed by atoms with Gasteiger partial charge in [-0.05, 0) is 49.6 Å². The number of benzene rings is 1. The highest BCUT2D eigenvalue weighted by atomic mass is 19.1. The van der Waals surface area contributed by atoms with Gasteiger partial charge in [0.25, 0.3) is 0 Å². The van der Waals surface area contributed by atoms with Gasteiger partial charge in [0.2, 0.25) is 5.91 Å². The van der Waals surface area contributed by atoms with Crippen LogP contribution in [0.15, 0.2) is 54.0 Å². The maximum absolute atomic E-state index is 16.5. The van der Waals surface area contributed by atoms with Gasteiger partial charge < -0.3 is 19.6 Å². The quantitative estimate of drug-likeness (QED) is 0.307. The zero-order chi connectivity index (χ0) is 32.3. The zero-order valence-electron chi connectivity index (χ0n) is 26.2. The number of halogens is 2. The van der Waals surface area contributed by atoms with Gasteiger partial charge in [-0.15, -0.1) is 0 Å². The van der Waals surface area contributed by atoms with Crippen LogP contribution >= 0.6 is 0 Å². The van der Waals surface area contributed by atoms with Crippen LogP contribution in [0.4, 0.5) is 26.0 Å².